The Morgan fingerprint density at radius 2 is 1.71 bits per heavy atom. The van der Waals surface area contributed by atoms with E-state index in [0.29, 0.717) is 13.0 Å². The first-order valence-corrected chi connectivity index (χ1v) is 7.35. The van der Waals surface area contributed by atoms with Crippen LogP contribution in [0.25, 0.3) is 0 Å². The number of hydrogen-bond donors (Lipinski definition) is 2. The summed E-state index contributed by atoms with van der Waals surface area (Å²) in [5, 5.41) is 3.42. The van der Waals surface area contributed by atoms with E-state index in [9.17, 15) is 4.79 Å². The molecule has 1 aliphatic rings. The predicted molar refractivity (Wildman–Crippen MR) is 83.7 cm³/mol. The minimum Gasteiger partial charge on any atom is -0.368 e. The van der Waals surface area contributed by atoms with Gasteiger partial charge >= 0.3 is 0 Å². The van der Waals surface area contributed by atoms with Gasteiger partial charge in [0.25, 0.3) is 0 Å². The molecule has 108 valence electrons. The molecule has 3 N–H and O–H groups in total. The molecular formula is C18H20N2O. The minimum atomic E-state index is -0.635. The lowest BCUT2D eigenvalue weighted by molar-refractivity contribution is -0.125. The summed E-state index contributed by atoms with van der Waals surface area (Å²) in [5.74, 6) is -0.257. The predicted octanol–water partition coefficient (Wildman–Crippen LogP) is 2.19. The summed E-state index contributed by atoms with van der Waals surface area (Å²) in [6, 6.07) is 18.4. The number of carbonyl (C=O) groups is 1. The zero-order valence-corrected chi connectivity index (χ0v) is 12.0. The van der Waals surface area contributed by atoms with Gasteiger partial charge in [0.1, 0.15) is 5.54 Å². The van der Waals surface area contributed by atoms with Crippen molar-refractivity contribution in [3.8, 4) is 0 Å². The topological polar surface area (TPSA) is 55.1 Å². The van der Waals surface area contributed by atoms with Gasteiger partial charge in [-0.2, -0.15) is 0 Å². The molecule has 2 aromatic carbocycles. The Morgan fingerprint density at radius 1 is 1.05 bits per heavy atom. The number of hydrogen-bond acceptors (Lipinski definition) is 2. The molecular weight excluding hydrogens is 260 g/mol. The summed E-state index contributed by atoms with van der Waals surface area (Å²) < 4.78 is 0. The van der Waals surface area contributed by atoms with Crippen molar-refractivity contribution in [2.45, 2.75) is 31.3 Å². The third-order valence-electron chi connectivity index (χ3n) is 4.38. The molecule has 0 heterocycles. The fourth-order valence-electron chi connectivity index (χ4n) is 3.05. The first kappa shape index (κ1) is 13.8. The summed E-state index contributed by atoms with van der Waals surface area (Å²) in [5.41, 5.74) is 8.81. The second kappa shape index (κ2) is 5.70. The van der Waals surface area contributed by atoms with Crippen molar-refractivity contribution in [2.24, 2.45) is 5.73 Å². The zero-order valence-electron chi connectivity index (χ0n) is 12.0. The molecule has 0 radical (unpaired) electrons. The molecule has 0 bridgehead atoms. The molecule has 0 fully saturated rings. The maximum atomic E-state index is 12.1. The Bertz CT molecular complexity index is 639. The van der Waals surface area contributed by atoms with Gasteiger partial charge < -0.3 is 5.73 Å². The van der Waals surface area contributed by atoms with Gasteiger partial charge in [-0.15, -0.1) is 0 Å². The monoisotopic (exact) mass is 280 g/mol. The molecule has 0 saturated carbocycles. The molecule has 3 nitrogen and oxygen atoms in total. The highest BCUT2D eigenvalue weighted by Crippen LogP contribution is 2.29. The molecule has 2 aromatic rings. The number of nitrogens with two attached hydrogens (primary N) is 1. The standard InChI is InChI=1S/C18H20N2O/c19-17(21)18(20-13-14-6-2-1-3-7-14)11-10-15-8-4-5-9-16(15)12-18/h1-9,20H,10-13H2,(H2,19,21). The second-order valence-corrected chi connectivity index (χ2v) is 5.73. The van der Waals surface area contributed by atoms with E-state index in [1.54, 1.807) is 0 Å². The highest BCUT2D eigenvalue weighted by Gasteiger charge is 2.39. The lowest BCUT2D eigenvalue weighted by atomic mass is 9.77. The smallest absolute Gasteiger partial charge is 0.238 e. The molecule has 1 unspecified atom stereocenters. The number of fused-ring (bicyclic) bond motifs is 1. The Hall–Kier alpha value is -2.13. The van der Waals surface area contributed by atoms with E-state index in [0.717, 1.165) is 18.4 Å². The van der Waals surface area contributed by atoms with Crippen LogP contribution in [0.4, 0.5) is 0 Å². The summed E-state index contributed by atoms with van der Waals surface area (Å²) in [6.45, 7) is 0.659. The number of aryl methyl sites for hydroxylation is 1. The molecule has 1 amide bonds. The Morgan fingerprint density at radius 3 is 2.43 bits per heavy atom. The van der Waals surface area contributed by atoms with Gasteiger partial charge in [-0.05, 0) is 36.0 Å². The van der Waals surface area contributed by atoms with Gasteiger partial charge in [-0.3, -0.25) is 10.1 Å². The van der Waals surface area contributed by atoms with Crippen LogP contribution in [0.1, 0.15) is 23.1 Å². The molecule has 3 heteroatoms. The first-order chi connectivity index (χ1) is 10.2. The van der Waals surface area contributed by atoms with Gasteiger partial charge in [0.05, 0.1) is 0 Å². The third kappa shape index (κ3) is 2.83. The average Bonchev–Trinajstić information content (AvgIpc) is 2.53. The second-order valence-electron chi connectivity index (χ2n) is 5.73. The number of rotatable bonds is 4. The highest BCUT2D eigenvalue weighted by atomic mass is 16.1. The van der Waals surface area contributed by atoms with Gasteiger partial charge in [0.15, 0.2) is 0 Å². The summed E-state index contributed by atoms with van der Waals surface area (Å²) in [6.07, 6.45) is 2.32. The van der Waals surface area contributed by atoms with Crippen LogP contribution in [-0.4, -0.2) is 11.4 Å². The van der Waals surface area contributed by atoms with Crippen molar-refractivity contribution in [3.05, 3.63) is 71.3 Å². The van der Waals surface area contributed by atoms with Crippen LogP contribution >= 0.6 is 0 Å². The molecule has 21 heavy (non-hydrogen) atoms. The quantitative estimate of drug-likeness (QED) is 0.902. The van der Waals surface area contributed by atoms with Crippen LogP contribution in [0.3, 0.4) is 0 Å². The van der Waals surface area contributed by atoms with E-state index in [-0.39, 0.29) is 5.91 Å². The maximum Gasteiger partial charge on any atom is 0.238 e. The van der Waals surface area contributed by atoms with Crippen LogP contribution in [0.15, 0.2) is 54.6 Å². The summed E-state index contributed by atoms with van der Waals surface area (Å²) in [4.78, 5) is 12.1. The largest absolute Gasteiger partial charge is 0.368 e. The Kier molecular flexibility index (Phi) is 3.76. The van der Waals surface area contributed by atoms with Crippen molar-refractivity contribution in [1.29, 1.82) is 0 Å². The van der Waals surface area contributed by atoms with E-state index in [1.807, 2.05) is 30.3 Å². The Balaban J connectivity index is 1.80. The van der Waals surface area contributed by atoms with E-state index >= 15 is 0 Å². The lowest BCUT2D eigenvalue weighted by Gasteiger charge is -2.36. The molecule has 1 atom stereocenters. The van der Waals surface area contributed by atoms with E-state index < -0.39 is 5.54 Å². The van der Waals surface area contributed by atoms with Crippen molar-refractivity contribution in [3.63, 3.8) is 0 Å². The number of primary amides is 1. The maximum absolute atomic E-state index is 12.1. The molecule has 0 aliphatic heterocycles. The SMILES string of the molecule is NC(=O)C1(NCc2ccccc2)CCc2ccccc2C1. The number of amides is 1. The van der Waals surface area contributed by atoms with Gasteiger partial charge in [0.2, 0.25) is 5.91 Å². The summed E-state index contributed by atoms with van der Waals surface area (Å²) >= 11 is 0. The van der Waals surface area contributed by atoms with E-state index in [2.05, 4.69) is 29.6 Å². The average molecular weight is 280 g/mol. The lowest BCUT2D eigenvalue weighted by Crippen LogP contribution is -2.58. The molecule has 1 aliphatic carbocycles. The highest BCUT2D eigenvalue weighted by molar-refractivity contribution is 5.85. The Labute approximate surface area is 125 Å². The van der Waals surface area contributed by atoms with Crippen molar-refractivity contribution < 1.29 is 4.79 Å². The minimum absolute atomic E-state index is 0.257. The van der Waals surface area contributed by atoms with Crippen LogP contribution in [0, 0.1) is 0 Å². The number of benzene rings is 2. The van der Waals surface area contributed by atoms with Gasteiger partial charge in [-0.1, -0.05) is 54.6 Å². The van der Waals surface area contributed by atoms with Gasteiger partial charge in [-0.25, -0.2) is 0 Å². The molecule has 3 rings (SSSR count). The van der Waals surface area contributed by atoms with Gasteiger partial charge in [0, 0.05) is 6.54 Å². The normalized spacial score (nSPS) is 20.8. The third-order valence-corrected chi connectivity index (χ3v) is 4.38. The van der Waals surface area contributed by atoms with Crippen molar-refractivity contribution in [1.82, 2.24) is 5.32 Å². The van der Waals surface area contributed by atoms with Crippen LogP contribution in [0.2, 0.25) is 0 Å². The summed E-state index contributed by atoms with van der Waals surface area (Å²) in [7, 11) is 0. The first-order valence-electron chi connectivity index (χ1n) is 7.35. The van der Waals surface area contributed by atoms with E-state index in [1.165, 1.54) is 11.1 Å². The van der Waals surface area contributed by atoms with Crippen molar-refractivity contribution in [2.75, 3.05) is 0 Å². The fourth-order valence-corrected chi connectivity index (χ4v) is 3.05. The number of carbonyl (C=O) groups excluding carboxylic acids is 1. The van der Waals surface area contributed by atoms with Crippen molar-refractivity contribution >= 4 is 5.91 Å². The van der Waals surface area contributed by atoms with E-state index in [4.69, 9.17) is 5.73 Å². The number of nitrogens with one attached hydrogen (secondary N) is 1. The molecule has 0 saturated heterocycles. The fraction of sp³-hybridized carbons (Fsp3) is 0.278. The molecule has 0 spiro atoms. The molecule has 0 aromatic heterocycles. The van der Waals surface area contributed by atoms with Crippen LogP contribution in [0.5, 0.6) is 0 Å². The van der Waals surface area contributed by atoms with Crippen LogP contribution in [-0.2, 0) is 24.2 Å². The van der Waals surface area contributed by atoms with Crippen LogP contribution < -0.4 is 11.1 Å². The zero-order chi connectivity index (χ0) is 14.7.